The standard InChI is InChI=1S/C10H14BrNO2/c1-13-9-6-8(11)10(14-2)5-7(9)3-4-12/h5-6H,3-4,12H2,1-2H3/i3D2. The van der Waals surface area contributed by atoms with Crippen LogP contribution < -0.4 is 15.2 Å². The molecule has 0 aliphatic carbocycles. The summed E-state index contributed by atoms with van der Waals surface area (Å²) in [4.78, 5) is 0. The van der Waals surface area contributed by atoms with Crippen molar-refractivity contribution in [2.24, 2.45) is 5.73 Å². The maximum absolute atomic E-state index is 7.79. The highest BCUT2D eigenvalue weighted by molar-refractivity contribution is 9.10. The summed E-state index contributed by atoms with van der Waals surface area (Å²) in [5, 5.41) is 0. The molecule has 0 aromatic heterocycles. The van der Waals surface area contributed by atoms with Crippen molar-refractivity contribution in [3.63, 3.8) is 0 Å². The molecule has 0 atom stereocenters. The highest BCUT2D eigenvalue weighted by atomic mass is 79.9. The Labute approximate surface area is 95.1 Å². The van der Waals surface area contributed by atoms with Gasteiger partial charge in [0.1, 0.15) is 11.5 Å². The Morgan fingerprint density at radius 3 is 2.50 bits per heavy atom. The first-order valence-corrected chi connectivity index (χ1v) is 4.87. The summed E-state index contributed by atoms with van der Waals surface area (Å²) in [6.07, 6.45) is -1.64. The van der Waals surface area contributed by atoms with Gasteiger partial charge in [0.2, 0.25) is 0 Å². The number of ether oxygens (including phenoxy) is 2. The Morgan fingerprint density at radius 2 is 2.00 bits per heavy atom. The quantitative estimate of drug-likeness (QED) is 0.902. The first-order chi connectivity index (χ1) is 7.46. The lowest BCUT2D eigenvalue weighted by atomic mass is 10.1. The second-order valence-corrected chi connectivity index (χ2v) is 3.42. The summed E-state index contributed by atoms with van der Waals surface area (Å²) >= 11 is 3.31. The first kappa shape index (κ1) is 8.56. The van der Waals surface area contributed by atoms with Crippen molar-refractivity contribution in [1.82, 2.24) is 0 Å². The maximum atomic E-state index is 7.79. The van der Waals surface area contributed by atoms with E-state index in [1.165, 1.54) is 14.2 Å². The molecule has 0 heterocycles. The number of methoxy groups -OCH3 is 2. The Morgan fingerprint density at radius 1 is 1.36 bits per heavy atom. The molecule has 0 bridgehead atoms. The Bertz CT molecular complexity index is 385. The molecular weight excluding hydrogens is 246 g/mol. The molecule has 1 aromatic carbocycles. The van der Waals surface area contributed by atoms with Crippen LogP contribution in [0.2, 0.25) is 0 Å². The van der Waals surface area contributed by atoms with E-state index in [-0.39, 0.29) is 6.54 Å². The number of benzene rings is 1. The number of rotatable bonds is 4. The number of hydrogen-bond donors (Lipinski definition) is 1. The molecule has 1 rings (SSSR count). The van der Waals surface area contributed by atoms with Crippen molar-refractivity contribution in [2.75, 3.05) is 20.8 Å². The van der Waals surface area contributed by atoms with Crippen molar-refractivity contribution in [3.05, 3.63) is 22.2 Å². The summed E-state index contributed by atoms with van der Waals surface area (Å²) in [6.45, 7) is -0.117. The van der Waals surface area contributed by atoms with E-state index in [4.69, 9.17) is 17.9 Å². The van der Waals surface area contributed by atoms with Crippen molar-refractivity contribution < 1.29 is 12.2 Å². The third kappa shape index (κ3) is 2.39. The zero-order chi connectivity index (χ0) is 12.3. The predicted molar refractivity (Wildman–Crippen MR) is 60.0 cm³/mol. The van der Waals surface area contributed by atoms with Gasteiger partial charge in [-0.1, -0.05) is 0 Å². The van der Waals surface area contributed by atoms with Gasteiger partial charge in [0, 0.05) is 2.74 Å². The molecule has 0 radical (unpaired) electrons. The summed E-state index contributed by atoms with van der Waals surface area (Å²) < 4.78 is 26.5. The van der Waals surface area contributed by atoms with E-state index in [9.17, 15) is 0 Å². The fourth-order valence-electron chi connectivity index (χ4n) is 1.11. The van der Waals surface area contributed by atoms with Gasteiger partial charge in [0.15, 0.2) is 0 Å². The van der Waals surface area contributed by atoms with Crippen LogP contribution in [0.25, 0.3) is 0 Å². The van der Waals surface area contributed by atoms with Crippen molar-refractivity contribution in [3.8, 4) is 11.5 Å². The second kappa shape index (κ2) is 5.22. The van der Waals surface area contributed by atoms with Crippen molar-refractivity contribution in [2.45, 2.75) is 6.37 Å². The van der Waals surface area contributed by atoms with Crippen LogP contribution in [-0.4, -0.2) is 20.8 Å². The lowest BCUT2D eigenvalue weighted by molar-refractivity contribution is 0.397. The van der Waals surface area contributed by atoms with Crippen LogP contribution in [0.3, 0.4) is 0 Å². The average Bonchev–Trinajstić information content (AvgIpc) is 2.28. The van der Waals surface area contributed by atoms with Crippen LogP contribution in [-0.2, 0) is 6.37 Å². The molecule has 0 spiro atoms. The van der Waals surface area contributed by atoms with Gasteiger partial charge in [-0.2, -0.15) is 0 Å². The zero-order valence-electron chi connectivity index (χ0n) is 10.1. The minimum absolute atomic E-state index is 0.117. The SMILES string of the molecule is [2H]C([2H])(CN)c1cc(OC)c(Br)cc1OC. The smallest absolute Gasteiger partial charge is 0.133 e. The fourth-order valence-corrected chi connectivity index (χ4v) is 1.59. The first-order valence-electron chi connectivity index (χ1n) is 5.08. The molecular formula is C10H14BrNO2. The molecule has 0 saturated carbocycles. The van der Waals surface area contributed by atoms with Crippen LogP contribution in [0.1, 0.15) is 8.30 Å². The molecule has 78 valence electrons. The fraction of sp³-hybridized carbons (Fsp3) is 0.400. The summed E-state index contributed by atoms with van der Waals surface area (Å²) in [7, 11) is 3.01. The van der Waals surface area contributed by atoms with E-state index in [0.717, 1.165) is 0 Å². The van der Waals surface area contributed by atoms with Crippen LogP contribution in [0.4, 0.5) is 0 Å². The van der Waals surface area contributed by atoms with E-state index in [2.05, 4.69) is 15.9 Å². The Balaban J connectivity index is 3.36. The van der Waals surface area contributed by atoms with Crippen LogP contribution in [0.5, 0.6) is 11.5 Å². The number of nitrogens with two attached hydrogens (primary N) is 1. The number of halogens is 1. The van der Waals surface area contributed by atoms with Crippen LogP contribution in [0.15, 0.2) is 16.6 Å². The molecule has 0 aliphatic heterocycles. The van der Waals surface area contributed by atoms with Crippen LogP contribution in [0, 0.1) is 0 Å². The van der Waals surface area contributed by atoms with Gasteiger partial charge in [-0.25, -0.2) is 0 Å². The third-order valence-electron chi connectivity index (χ3n) is 1.77. The topological polar surface area (TPSA) is 44.5 Å². The zero-order valence-corrected chi connectivity index (χ0v) is 9.72. The molecule has 0 saturated heterocycles. The molecule has 0 unspecified atom stereocenters. The lowest BCUT2D eigenvalue weighted by Gasteiger charge is -2.11. The molecule has 0 fully saturated rings. The predicted octanol–water partition coefficient (Wildman–Crippen LogP) is 1.97. The molecule has 14 heavy (non-hydrogen) atoms. The van der Waals surface area contributed by atoms with Gasteiger partial charge < -0.3 is 15.2 Å². The van der Waals surface area contributed by atoms with Crippen LogP contribution >= 0.6 is 15.9 Å². The van der Waals surface area contributed by atoms with Gasteiger partial charge in [0.25, 0.3) is 0 Å². The highest BCUT2D eigenvalue weighted by Gasteiger charge is 2.08. The lowest BCUT2D eigenvalue weighted by Crippen LogP contribution is -2.04. The summed E-state index contributed by atoms with van der Waals surface area (Å²) in [6, 6.07) is 3.26. The van der Waals surface area contributed by atoms with Gasteiger partial charge in [0.05, 0.1) is 18.7 Å². The average molecular weight is 262 g/mol. The number of hydrogen-bond acceptors (Lipinski definition) is 3. The Hall–Kier alpha value is -0.740. The third-order valence-corrected chi connectivity index (χ3v) is 2.39. The molecule has 3 nitrogen and oxygen atoms in total. The van der Waals surface area contributed by atoms with E-state index in [1.54, 1.807) is 12.1 Å². The largest absolute Gasteiger partial charge is 0.496 e. The minimum atomic E-state index is -1.64. The molecule has 0 amide bonds. The minimum Gasteiger partial charge on any atom is -0.496 e. The normalized spacial score (nSPS) is 13.1. The molecule has 1 aromatic rings. The molecule has 2 N–H and O–H groups in total. The van der Waals surface area contributed by atoms with E-state index < -0.39 is 6.37 Å². The van der Waals surface area contributed by atoms with E-state index >= 15 is 0 Å². The summed E-state index contributed by atoms with van der Waals surface area (Å²) in [5.74, 6) is 0.997. The summed E-state index contributed by atoms with van der Waals surface area (Å²) in [5.41, 5.74) is 5.80. The maximum Gasteiger partial charge on any atom is 0.133 e. The van der Waals surface area contributed by atoms with Gasteiger partial charge in [-0.3, -0.25) is 0 Å². The van der Waals surface area contributed by atoms with Gasteiger partial charge in [-0.15, -0.1) is 0 Å². The monoisotopic (exact) mass is 261 g/mol. The van der Waals surface area contributed by atoms with Gasteiger partial charge in [-0.05, 0) is 46.5 Å². The molecule has 0 aliphatic rings. The van der Waals surface area contributed by atoms with Crippen molar-refractivity contribution in [1.29, 1.82) is 0 Å². The van der Waals surface area contributed by atoms with E-state index in [1.807, 2.05) is 0 Å². The highest BCUT2D eigenvalue weighted by Crippen LogP contribution is 2.32. The Kier molecular flexibility index (Phi) is 3.19. The second-order valence-electron chi connectivity index (χ2n) is 2.57. The van der Waals surface area contributed by atoms with Crippen molar-refractivity contribution >= 4 is 15.9 Å². The van der Waals surface area contributed by atoms with E-state index in [0.29, 0.717) is 21.5 Å². The molecule has 4 heteroatoms. The van der Waals surface area contributed by atoms with Gasteiger partial charge >= 0.3 is 0 Å².